The van der Waals surface area contributed by atoms with Gasteiger partial charge in [-0.3, -0.25) is 4.84 Å². The van der Waals surface area contributed by atoms with Gasteiger partial charge in [-0.15, -0.1) is 0 Å². The molecule has 20 heavy (non-hydrogen) atoms. The third kappa shape index (κ3) is 11.3. The second kappa shape index (κ2) is 12.2. The van der Waals surface area contributed by atoms with Crippen molar-refractivity contribution >= 4 is 17.8 Å². The fraction of sp³-hybridized carbons (Fsp3) is 0.643. The second-order valence-corrected chi connectivity index (χ2v) is 4.27. The first-order valence-electron chi connectivity index (χ1n) is 6.87. The van der Waals surface area contributed by atoms with Crippen molar-refractivity contribution in [3.63, 3.8) is 0 Å². The predicted octanol–water partition coefficient (Wildman–Crippen LogP) is 2.79. The molecule has 0 unspecified atom stereocenters. The summed E-state index contributed by atoms with van der Waals surface area (Å²) in [7, 11) is 0. The smallest absolute Gasteiger partial charge is 0.433 e. The minimum atomic E-state index is -0.530. The lowest BCUT2D eigenvalue weighted by molar-refractivity contribution is -0.137. The van der Waals surface area contributed by atoms with Crippen molar-refractivity contribution in [1.82, 2.24) is 5.32 Å². The number of rotatable bonds is 10. The van der Waals surface area contributed by atoms with Crippen molar-refractivity contribution in [2.45, 2.75) is 46.0 Å². The van der Waals surface area contributed by atoms with Crippen molar-refractivity contribution < 1.29 is 19.2 Å². The third-order valence-corrected chi connectivity index (χ3v) is 2.55. The van der Waals surface area contributed by atoms with Gasteiger partial charge in [0.25, 0.3) is 0 Å². The molecule has 6 nitrogen and oxygen atoms in total. The Morgan fingerprint density at radius 3 is 2.60 bits per heavy atom. The van der Waals surface area contributed by atoms with Crippen LogP contribution in [0.3, 0.4) is 0 Å². The molecule has 6 heteroatoms. The van der Waals surface area contributed by atoms with Gasteiger partial charge in [0.05, 0.1) is 12.3 Å². The van der Waals surface area contributed by atoms with E-state index in [1.54, 1.807) is 6.92 Å². The molecule has 0 aliphatic heterocycles. The Morgan fingerprint density at radius 1 is 1.25 bits per heavy atom. The molecule has 0 aliphatic rings. The van der Waals surface area contributed by atoms with Crippen LogP contribution in [0.2, 0.25) is 0 Å². The number of ether oxygens (including phenoxy) is 1. The molecular formula is C14H24N2O4. The van der Waals surface area contributed by atoms with Crippen LogP contribution < -0.4 is 5.32 Å². The van der Waals surface area contributed by atoms with E-state index in [1.165, 1.54) is 0 Å². The quantitative estimate of drug-likeness (QED) is 0.167. The van der Waals surface area contributed by atoms with Crippen LogP contribution in [0, 0.1) is 0 Å². The normalized spacial score (nSPS) is 10.8. The summed E-state index contributed by atoms with van der Waals surface area (Å²) in [6, 6.07) is 0. The number of carbonyl (C=O) groups is 2. The summed E-state index contributed by atoms with van der Waals surface area (Å²) in [6.07, 6.45) is 4.92. The molecule has 0 aromatic heterocycles. The second-order valence-electron chi connectivity index (χ2n) is 4.27. The van der Waals surface area contributed by atoms with Gasteiger partial charge in [-0.25, -0.2) is 9.59 Å². The molecule has 0 spiro atoms. The van der Waals surface area contributed by atoms with Crippen LogP contribution in [0.1, 0.15) is 46.0 Å². The Kier molecular flexibility index (Phi) is 11.1. The molecule has 114 valence electrons. The number of oxime groups is 1. The standard InChI is InChI=1S/C14H24N2O4/c1-4-12(3)16-20-14(18)15-10-8-6-7-9-11-19-13(17)5-2/h5H,2,4,6-11H2,1,3H3,(H,15,18). The number of carbonyl (C=O) groups excluding carboxylic acids is 2. The summed E-state index contributed by atoms with van der Waals surface area (Å²) in [5, 5.41) is 6.27. The van der Waals surface area contributed by atoms with Crippen LogP contribution in [-0.4, -0.2) is 30.9 Å². The van der Waals surface area contributed by atoms with Gasteiger partial charge in [-0.2, -0.15) is 0 Å². The van der Waals surface area contributed by atoms with Crippen LogP contribution >= 0.6 is 0 Å². The minimum absolute atomic E-state index is 0.391. The highest BCUT2D eigenvalue weighted by atomic mass is 16.7. The molecule has 0 heterocycles. The molecule has 0 aromatic carbocycles. The zero-order chi connectivity index (χ0) is 15.2. The SMILES string of the molecule is C=CC(=O)OCCCCCCNC(=O)ON=C(C)CC. The van der Waals surface area contributed by atoms with E-state index < -0.39 is 12.1 Å². The van der Waals surface area contributed by atoms with Gasteiger partial charge < -0.3 is 10.1 Å². The number of amides is 1. The largest absolute Gasteiger partial charge is 0.463 e. The van der Waals surface area contributed by atoms with Crippen molar-refractivity contribution in [3.8, 4) is 0 Å². The van der Waals surface area contributed by atoms with Crippen LogP contribution in [-0.2, 0) is 14.4 Å². The number of hydrogen-bond donors (Lipinski definition) is 1. The van der Waals surface area contributed by atoms with Crippen molar-refractivity contribution in [3.05, 3.63) is 12.7 Å². The molecule has 0 aliphatic carbocycles. The molecule has 0 fully saturated rings. The molecule has 1 N–H and O–H groups in total. The fourth-order valence-corrected chi connectivity index (χ4v) is 1.22. The molecular weight excluding hydrogens is 260 g/mol. The molecule has 0 radical (unpaired) electrons. The summed E-state index contributed by atoms with van der Waals surface area (Å²) in [5.41, 5.74) is 0.772. The Labute approximate surface area is 120 Å². The monoisotopic (exact) mass is 284 g/mol. The third-order valence-electron chi connectivity index (χ3n) is 2.55. The lowest BCUT2D eigenvalue weighted by Crippen LogP contribution is -2.24. The Morgan fingerprint density at radius 2 is 1.95 bits per heavy atom. The van der Waals surface area contributed by atoms with Crippen molar-refractivity contribution in [2.75, 3.05) is 13.2 Å². The van der Waals surface area contributed by atoms with E-state index in [9.17, 15) is 9.59 Å². The lowest BCUT2D eigenvalue weighted by atomic mass is 10.2. The van der Waals surface area contributed by atoms with Crippen LogP contribution in [0.5, 0.6) is 0 Å². The van der Waals surface area contributed by atoms with Crippen LogP contribution in [0.25, 0.3) is 0 Å². The molecule has 0 aromatic rings. The maximum Gasteiger partial charge on any atom is 0.433 e. The van der Waals surface area contributed by atoms with Crippen molar-refractivity contribution in [1.29, 1.82) is 0 Å². The van der Waals surface area contributed by atoms with Crippen LogP contribution in [0.4, 0.5) is 4.79 Å². The molecule has 0 saturated heterocycles. The molecule has 0 rings (SSSR count). The summed E-state index contributed by atoms with van der Waals surface area (Å²) in [6.45, 7) is 8.00. The summed E-state index contributed by atoms with van der Waals surface area (Å²) in [5.74, 6) is -0.391. The molecule has 0 saturated carbocycles. The van der Waals surface area contributed by atoms with Gasteiger partial charge in [0.15, 0.2) is 0 Å². The first-order chi connectivity index (χ1) is 9.60. The van der Waals surface area contributed by atoms with Gasteiger partial charge in [0.2, 0.25) is 0 Å². The van der Waals surface area contributed by atoms with E-state index >= 15 is 0 Å². The topological polar surface area (TPSA) is 77.0 Å². The van der Waals surface area contributed by atoms with E-state index in [-0.39, 0.29) is 0 Å². The zero-order valence-electron chi connectivity index (χ0n) is 12.3. The van der Waals surface area contributed by atoms with Gasteiger partial charge in [0.1, 0.15) is 0 Å². The molecule has 0 atom stereocenters. The first kappa shape index (κ1) is 18.1. The van der Waals surface area contributed by atoms with Gasteiger partial charge in [-0.05, 0) is 32.6 Å². The number of unbranched alkanes of at least 4 members (excludes halogenated alkanes) is 3. The van der Waals surface area contributed by atoms with E-state index in [0.717, 1.165) is 43.9 Å². The maximum atomic E-state index is 11.2. The van der Waals surface area contributed by atoms with Crippen LogP contribution in [0.15, 0.2) is 17.8 Å². The fourth-order valence-electron chi connectivity index (χ4n) is 1.22. The Bertz CT molecular complexity index is 340. The number of esters is 1. The minimum Gasteiger partial charge on any atom is -0.463 e. The Hall–Kier alpha value is -1.85. The van der Waals surface area contributed by atoms with Gasteiger partial charge in [0, 0.05) is 12.6 Å². The zero-order valence-corrected chi connectivity index (χ0v) is 12.3. The number of nitrogens with zero attached hydrogens (tertiary/aromatic N) is 1. The van der Waals surface area contributed by atoms with E-state index in [1.807, 2.05) is 6.92 Å². The highest BCUT2D eigenvalue weighted by Gasteiger charge is 2.00. The average molecular weight is 284 g/mol. The number of hydrogen-bond acceptors (Lipinski definition) is 5. The van der Waals surface area contributed by atoms with Gasteiger partial charge in [-0.1, -0.05) is 25.1 Å². The Balaban J connectivity index is 3.37. The highest BCUT2D eigenvalue weighted by molar-refractivity contribution is 5.82. The first-order valence-corrected chi connectivity index (χ1v) is 6.87. The average Bonchev–Trinajstić information content (AvgIpc) is 2.46. The van der Waals surface area contributed by atoms with E-state index in [0.29, 0.717) is 13.2 Å². The summed E-state index contributed by atoms with van der Waals surface area (Å²) < 4.78 is 4.84. The molecule has 0 bridgehead atoms. The highest BCUT2D eigenvalue weighted by Crippen LogP contribution is 1.99. The van der Waals surface area contributed by atoms with E-state index in [4.69, 9.17) is 4.74 Å². The maximum absolute atomic E-state index is 11.2. The molecule has 1 amide bonds. The van der Waals surface area contributed by atoms with Crippen molar-refractivity contribution in [2.24, 2.45) is 5.16 Å². The summed E-state index contributed by atoms with van der Waals surface area (Å²) >= 11 is 0. The lowest BCUT2D eigenvalue weighted by Gasteiger charge is -2.04. The van der Waals surface area contributed by atoms with E-state index in [2.05, 4.69) is 21.9 Å². The predicted molar refractivity (Wildman–Crippen MR) is 77.5 cm³/mol. The van der Waals surface area contributed by atoms with Gasteiger partial charge >= 0.3 is 12.1 Å². The number of nitrogens with one attached hydrogen (secondary N) is 1. The summed E-state index contributed by atoms with van der Waals surface area (Å²) in [4.78, 5) is 26.6.